The zero-order chi connectivity index (χ0) is 18.4. The monoisotopic (exact) mass is 382 g/mol. The summed E-state index contributed by atoms with van der Waals surface area (Å²) < 4.78 is 0. The van der Waals surface area contributed by atoms with Crippen molar-refractivity contribution < 1.29 is 4.79 Å². The Labute approximate surface area is 156 Å². The number of rotatable bonds is 7. The minimum absolute atomic E-state index is 0.252. The lowest BCUT2D eigenvalue weighted by atomic mass is 10.2. The highest BCUT2D eigenvalue weighted by atomic mass is 35.5. The number of nitrogens with two attached hydrogens (primary N) is 1. The number of nitrogen functional groups attached to an aromatic ring is 1. The molecule has 1 amide bonds. The van der Waals surface area contributed by atoms with E-state index in [4.69, 9.17) is 28.9 Å². The zero-order valence-corrected chi connectivity index (χ0v) is 15.5. The van der Waals surface area contributed by atoms with Crippen LogP contribution in [-0.2, 0) is 0 Å². The first-order valence-electron chi connectivity index (χ1n) is 7.77. The van der Waals surface area contributed by atoms with Crippen molar-refractivity contribution in [2.75, 3.05) is 29.7 Å². The smallest absolute Gasteiger partial charge is 0.271 e. The van der Waals surface area contributed by atoms with Crippen LogP contribution in [0.2, 0.25) is 10.0 Å². The van der Waals surface area contributed by atoms with Gasteiger partial charge in [0.25, 0.3) is 5.91 Å². The van der Waals surface area contributed by atoms with Crippen molar-refractivity contribution in [3.63, 3.8) is 0 Å². The molecule has 1 aromatic heterocycles. The summed E-state index contributed by atoms with van der Waals surface area (Å²) in [6, 6.07) is 4.62. The summed E-state index contributed by atoms with van der Waals surface area (Å²) in [6.07, 6.45) is 3.48. The molecule has 1 heterocycles. The second-order valence-electron chi connectivity index (χ2n) is 5.44. The van der Waals surface area contributed by atoms with Crippen molar-refractivity contribution >= 4 is 46.4 Å². The number of carbonyl (C=O) groups is 1. The second-order valence-corrected chi connectivity index (χ2v) is 6.28. The van der Waals surface area contributed by atoms with Crippen LogP contribution in [0.5, 0.6) is 0 Å². The molecule has 0 unspecified atom stereocenters. The quantitative estimate of drug-likeness (QED) is 0.635. The van der Waals surface area contributed by atoms with E-state index >= 15 is 0 Å². The van der Waals surface area contributed by atoms with Crippen molar-refractivity contribution in [1.82, 2.24) is 15.4 Å². The van der Waals surface area contributed by atoms with E-state index in [0.29, 0.717) is 22.3 Å². The Kier molecular flexibility index (Phi) is 6.66. The van der Waals surface area contributed by atoms with Gasteiger partial charge in [-0.25, -0.2) is 9.97 Å². The molecule has 0 saturated heterocycles. The molecule has 0 saturated carbocycles. The predicted octanol–water partition coefficient (Wildman–Crippen LogP) is 3.36. The average molecular weight is 383 g/mol. The Morgan fingerprint density at radius 1 is 1.32 bits per heavy atom. The predicted molar refractivity (Wildman–Crippen MR) is 102 cm³/mol. The van der Waals surface area contributed by atoms with Crippen LogP contribution in [-0.4, -0.2) is 29.5 Å². The van der Waals surface area contributed by atoms with Gasteiger partial charge in [-0.3, -0.25) is 15.6 Å². The third-order valence-electron chi connectivity index (χ3n) is 3.54. The third-order valence-corrected chi connectivity index (χ3v) is 4.09. The van der Waals surface area contributed by atoms with Crippen molar-refractivity contribution in [1.29, 1.82) is 0 Å². The Balaban J connectivity index is 2.09. The molecule has 0 atom stereocenters. The maximum absolute atomic E-state index is 12.2. The minimum Gasteiger partial charge on any atom is -0.393 e. The van der Waals surface area contributed by atoms with E-state index in [2.05, 4.69) is 27.7 Å². The molecule has 2 rings (SSSR count). The van der Waals surface area contributed by atoms with Gasteiger partial charge in [-0.1, -0.05) is 36.5 Å². The Bertz CT molecular complexity index is 755. The summed E-state index contributed by atoms with van der Waals surface area (Å²) in [5, 5.41) is 0.705. The summed E-state index contributed by atoms with van der Waals surface area (Å²) in [5.41, 5.74) is 12.0. The van der Waals surface area contributed by atoms with Crippen LogP contribution in [0.1, 0.15) is 30.1 Å². The van der Waals surface area contributed by atoms with Crippen molar-refractivity contribution in [2.45, 2.75) is 19.8 Å². The van der Waals surface area contributed by atoms with Crippen LogP contribution in [0.25, 0.3) is 0 Å². The number of halogens is 2. The SMILES string of the molecule is CCCCN(C)c1ncnc(NNC(=O)c2ccc(Cl)cc2Cl)c1N. The highest BCUT2D eigenvalue weighted by molar-refractivity contribution is 6.36. The van der Waals surface area contributed by atoms with E-state index in [1.54, 1.807) is 6.07 Å². The summed E-state index contributed by atoms with van der Waals surface area (Å²) in [7, 11) is 1.91. The normalized spacial score (nSPS) is 10.4. The lowest BCUT2D eigenvalue weighted by Crippen LogP contribution is -2.31. The van der Waals surface area contributed by atoms with Crippen LogP contribution >= 0.6 is 23.2 Å². The molecule has 0 radical (unpaired) electrons. The first-order valence-corrected chi connectivity index (χ1v) is 8.52. The number of aromatic nitrogens is 2. The molecule has 1 aromatic carbocycles. The maximum atomic E-state index is 12.2. The molecular formula is C16H20Cl2N6O. The lowest BCUT2D eigenvalue weighted by Gasteiger charge is -2.20. The van der Waals surface area contributed by atoms with Gasteiger partial charge >= 0.3 is 0 Å². The molecular weight excluding hydrogens is 363 g/mol. The highest BCUT2D eigenvalue weighted by Gasteiger charge is 2.14. The van der Waals surface area contributed by atoms with Gasteiger partial charge < -0.3 is 10.6 Å². The van der Waals surface area contributed by atoms with Crippen LogP contribution < -0.4 is 21.5 Å². The van der Waals surface area contributed by atoms with Gasteiger partial charge in [-0.15, -0.1) is 0 Å². The number of hydrogen-bond acceptors (Lipinski definition) is 6. The fraction of sp³-hybridized carbons (Fsp3) is 0.312. The van der Waals surface area contributed by atoms with Gasteiger partial charge in [0, 0.05) is 18.6 Å². The molecule has 4 N–H and O–H groups in total. The van der Waals surface area contributed by atoms with Gasteiger partial charge in [0.1, 0.15) is 12.0 Å². The summed E-state index contributed by atoms with van der Waals surface area (Å²) >= 11 is 11.9. The number of carbonyl (C=O) groups excluding carboxylic acids is 1. The number of benzene rings is 1. The largest absolute Gasteiger partial charge is 0.393 e. The average Bonchev–Trinajstić information content (AvgIpc) is 2.58. The summed E-state index contributed by atoms with van der Waals surface area (Å²) in [6.45, 7) is 2.94. The molecule has 0 bridgehead atoms. The lowest BCUT2D eigenvalue weighted by molar-refractivity contribution is 0.0962. The number of nitrogens with one attached hydrogen (secondary N) is 2. The van der Waals surface area contributed by atoms with E-state index in [9.17, 15) is 4.79 Å². The number of hydrogen-bond donors (Lipinski definition) is 3. The van der Waals surface area contributed by atoms with Crippen LogP contribution in [0.15, 0.2) is 24.5 Å². The van der Waals surface area contributed by atoms with E-state index < -0.39 is 5.91 Å². The molecule has 0 spiro atoms. The van der Waals surface area contributed by atoms with E-state index in [1.807, 2.05) is 11.9 Å². The molecule has 2 aromatic rings. The molecule has 9 heteroatoms. The molecule has 134 valence electrons. The molecule has 0 aliphatic heterocycles. The van der Waals surface area contributed by atoms with Gasteiger partial charge in [-0.2, -0.15) is 0 Å². The first-order chi connectivity index (χ1) is 11.9. The van der Waals surface area contributed by atoms with Crippen LogP contribution in [0, 0.1) is 0 Å². The van der Waals surface area contributed by atoms with Crippen molar-refractivity contribution in [3.8, 4) is 0 Å². The van der Waals surface area contributed by atoms with Gasteiger partial charge in [0.05, 0.1) is 10.6 Å². The Morgan fingerprint density at radius 2 is 2.08 bits per heavy atom. The number of unbranched alkanes of at least 4 members (excludes halogenated alkanes) is 1. The standard InChI is InChI=1S/C16H20Cl2N6O/c1-3-4-7-24(2)15-13(19)14(20-9-21-15)22-23-16(25)11-6-5-10(17)8-12(11)18/h5-6,8-9H,3-4,7,19H2,1-2H3,(H,23,25)(H,20,21,22). The van der Waals surface area contributed by atoms with E-state index in [-0.39, 0.29) is 10.6 Å². The molecule has 0 aliphatic rings. The third kappa shape index (κ3) is 4.87. The van der Waals surface area contributed by atoms with E-state index in [0.717, 1.165) is 19.4 Å². The maximum Gasteiger partial charge on any atom is 0.271 e. The topological polar surface area (TPSA) is 96.2 Å². The number of anilines is 3. The van der Waals surface area contributed by atoms with Crippen molar-refractivity contribution in [3.05, 3.63) is 40.1 Å². The fourth-order valence-corrected chi connectivity index (χ4v) is 2.64. The van der Waals surface area contributed by atoms with Gasteiger partial charge in [-0.05, 0) is 24.6 Å². The first kappa shape index (κ1) is 19.1. The van der Waals surface area contributed by atoms with E-state index in [1.165, 1.54) is 18.5 Å². The minimum atomic E-state index is -0.430. The number of hydrazine groups is 1. The van der Waals surface area contributed by atoms with Crippen molar-refractivity contribution in [2.24, 2.45) is 0 Å². The number of amides is 1. The molecule has 0 fully saturated rings. The summed E-state index contributed by atoms with van der Waals surface area (Å²) in [4.78, 5) is 22.4. The highest BCUT2D eigenvalue weighted by Crippen LogP contribution is 2.25. The molecule has 7 nitrogen and oxygen atoms in total. The van der Waals surface area contributed by atoms with Gasteiger partial charge in [0.15, 0.2) is 11.6 Å². The zero-order valence-electron chi connectivity index (χ0n) is 14.0. The van der Waals surface area contributed by atoms with Gasteiger partial charge in [0.2, 0.25) is 0 Å². The van der Waals surface area contributed by atoms with Crippen LogP contribution in [0.4, 0.5) is 17.3 Å². The Morgan fingerprint density at radius 3 is 2.76 bits per heavy atom. The number of nitrogens with zero attached hydrogens (tertiary/aromatic N) is 3. The Hall–Kier alpha value is -2.25. The van der Waals surface area contributed by atoms with Crippen LogP contribution in [0.3, 0.4) is 0 Å². The fourth-order valence-electron chi connectivity index (χ4n) is 2.15. The molecule has 0 aliphatic carbocycles. The second kappa shape index (κ2) is 8.73. The summed E-state index contributed by atoms with van der Waals surface area (Å²) in [5.74, 6) is 0.483. The molecule has 25 heavy (non-hydrogen) atoms.